The summed E-state index contributed by atoms with van der Waals surface area (Å²) in [6.07, 6.45) is 7.70. The molecule has 0 spiro atoms. The Bertz CT molecular complexity index is 1040. The van der Waals surface area contributed by atoms with Crippen LogP contribution < -0.4 is 14.8 Å². The number of benzene rings is 2. The second-order valence-corrected chi connectivity index (χ2v) is 10.4. The molecule has 3 aliphatic rings. The molecule has 1 heterocycles. The first-order valence-corrected chi connectivity index (χ1v) is 12.9. The minimum atomic E-state index is 0.0240. The first kappa shape index (κ1) is 22.5. The molecule has 1 atom stereocenters. The summed E-state index contributed by atoms with van der Waals surface area (Å²) in [4.78, 5) is 26.1. The molecular weight excluding hydrogens is 482 g/mol. The number of ether oxygens (including phenoxy) is 2. The molecule has 1 saturated carbocycles. The monoisotopic (exact) mass is 511 g/mol. The van der Waals surface area contributed by atoms with E-state index in [2.05, 4.69) is 21.2 Å². The predicted octanol–water partition coefficient (Wildman–Crippen LogP) is 6.19. The molecule has 1 aliphatic heterocycles. The summed E-state index contributed by atoms with van der Waals surface area (Å²) >= 11 is 3.62. The fourth-order valence-electron chi connectivity index (χ4n) is 5.57. The number of carbonyl (C=O) groups excluding carboxylic acids is 2. The van der Waals surface area contributed by atoms with Crippen molar-refractivity contribution >= 4 is 33.3 Å². The van der Waals surface area contributed by atoms with E-state index < -0.39 is 0 Å². The van der Waals surface area contributed by atoms with Gasteiger partial charge in [0.25, 0.3) is 0 Å². The summed E-state index contributed by atoms with van der Waals surface area (Å²) < 4.78 is 12.2. The summed E-state index contributed by atoms with van der Waals surface area (Å²) in [5.74, 6) is 2.44. The van der Waals surface area contributed by atoms with Gasteiger partial charge in [-0.25, -0.2) is 0 Å². The molecule has 0 bridgehead atoms. The van der Waals surface area contributed by atoms with Gasteiger partial charge in [0.05, 0.1) is 0 Å². The lowest BCUT2D eigenvalue weighted by atomic mass is 9.76. The van der Waals surface area contributed by atoms with Crippen LogP contribution in [0.1, 0.15) is 60.9 Å². The lowest BCUT2D eigenvalue weighted by Gasteiger charge is -2.30. The minimum absolute atomic E-state index is 0.0240. The van der Waals surface area contributed by atoms with Crippen LogP contribution in [0.3, 0.4) is 0 Å². The van der Waals surface area contributed by atoms with Gasteiger partial charge in [0.1, 0.15) is 13.2 Å². The summed E-state index contributed by atoms with van der Waals surface area (Å²) in [5, 5.41) is 3.06. The predicted molar refractivity (Wildman–Crippen MR) is 131 cm³/mol. The SMILES string of the molecule is O=C(Nc1ccc2c(c1)OCCO2)C1CCC(CC2CCCc3c(Br)cccc3C2=O)CC1. The van der Waals surface area contributed by atoms with Crippen LogP contribution in [0.15, 0.2) is 40.9 Å². The van der Waals surface area contributed by atoms with Crippen LogP contribution >= 0.6 is 15.9 Å². The van der Waals surface area contributed by atoms with Gasteiger partial charge in [0, 0.05) is 33.6 Å². The van der Waals surface area contributed by atoms with E-state index in [0.29, 0.717) is 30.7 Å². The largest absolute Gasteiger partial charge is 0.486 e. The van der Waals surface area contributed by atoms with Crippen LogP contribution in [0.5, 0.6) is 11.5 Å². The molecule has 1 fully saturated rings. The summed E-state index contributed by atoms with van der Waals surface area (Å²) in [7, 11) is 0. The Balaban J connectivity index is 1.15. The van der Waals surface area contributed by atoms with E-state index in [4.69, 9.17) is 9.47 Å². The maximum Gasteiger partial charge on any atom is 0.227 e. The number of Topliss-reactive ketones (excluding diaryl/α,β-unsaturated/α-hetero) is 1. The average molecular weight is 512 g/mol. The Morgan fingerprint density at radius 2 is 1.79 bits per heavy atom. The van der Waals surface area contributed by atoms with Crippen molar-refractivity contribution in [2.24, 2.45) is 17.8 Å². The molecular formula is C27H30BrNO4. The van der Waals surface area contributed by atoms with Crippen LogP contribution in [0, 0.1) is 17.8 Å². The maximum absolute atomic E-state index is 13.2. The lowest BCUT2D eigenvalue weighted by molar-refractivity contribution is -0.121. The van der Waals surface area contributed by atoms with Crippen LogP contribution in [0.25, 0.3) is 0 Å². The molecule has 33 heavy (non-hydrogen) atoms. The van der Waals surface area contributed by atoms with Crippen LogP contribution in [-0.4, -0.2) is 24.9 Å². The molecule has 2 aliphatic carbocycles. The number of anilines is 1. The number of hydrogen-bond acceptors (Lipinski definition) is 4. The fraction of sp³-hybridized carbons (Fsp3) is 0.481. The molecule has 0 saturated heterocycles. The van der Waals surface area contributed by atoms with Gasteiger partial charge in [-0.05, 0) is 81.0 Å². The highest BCUT2D eigenvalue weighted by atomic mass is 79.9. The van der Waals surface area contributed by atoms with E-state index in [1.165, 1.54) is 5.56 Å². The fourth-order valence-corrected chi connectivity index (χ4v) is 6.14. The van der Waals surface area contributed by atoms with Crippen molar-refractivity contribution in [3.8, 4) is 11.5 Å². The van der Waals surface area contributed by atoms with Gasteiger partial charge < -0.3 is 14.8 Å². The summed E-state index contributed by atoms with van der Waals surface area (Å²) in [5.41, 5.74) is 2.82. The van der Waals surface area contributed by atoms with Crippen LogP contribution in [0.2, 0.25) is 0 Å². The second-order valence-electron chi connectivity index (χ2n) is 9.52. The van der Waals surface area contributed by atoms with Crippen molar-refractivity contribution in [3.63, 3.8) is 0 Å². The smallest absolute Gasteiger partial charge is 0.227 e. The number of ketones is 1. The third-order valence-electron chi connectivity index (χ3n) is 7.38. The van der Waals surface area contributed by atoms with Crippen molar-refractivity contribution in [2.75, 3.05) is 18.5 Å². The Morgan fingerprint density at radius 1 is 1.00 bits per heavy atom. The number of carbonyl (C=O) groups is 2. The van der Waals surface area contributed by atoms with E-state index in [-0.39, 0.29) is 17.7 Å². The Kier molecular flexibility index (Phi) is 6.72. The molecule has 1 amide bonds. The quantitative estimate of drug-likeness (QED) is 0.497. The number of rotatable bonds is 4. The zero-order valence-electron chi connectivity index (χ0n) is 18.8. The molecule has 5 rings (SSSR count). The van der Waals surface area contributed by atoms with Gasteiger partial charge in [-0.2, -0.15) is 0 Å². The van der Waals surface area contributed by atoms with Crippen LogP contribution in [0.4, 0.5) is 5.69 Å². The van der Waals surface area contributed by atoms with E-state index in [1.807, 2.05) is 36.4 Å². The number of halogens is 1. The number of amides is 1. The zero-order valence-corrected chi connectivity index (χ0v) is 20.4. The molecule has 174 valence electrons. The Morgan fingerprint density at radius 3 is 2.61 bits per heavy atom. The van der Waals surface area contributed by atoms with Crippen molar-refractivity contribution < 1.29 is 19.1 Å². The lowest BCUT2D eigenvalue weighted by Crippen LogP contribution is -2.28. The van der Waals surface area contributed by atoms with Gasteiger partial charge >= 0.3 is 0 Å². The molecule has 0 aromatic heterocycles. The summed E-state index contributed by atoms with van der Waals surface area (Å²) in [6.45, 7) is 1.08. The topological polar surface area (TPSA) is 64.6 Å². The highest BCUT2D eigenvalue weighted by Gasteiger charge is 2.32. The number of nitrogens with one attached hydrogen (secondary N) is 1. The second kappa shape index (κ2) is 9.88. The highest BCUT2D eigenvalue weighted by Crippen LogP contribution is 2.38. The molecule has 2 aromatic rings. The third kappa shape index (κ3) is 4.96. The third-order valence-corrected chi connectivity index (χ3v) is 8.12. The summed E-state index contributed by atoms with van der Waals surface area (Å²) in [6, 6.07) is 11.5. The van der Waals surface area contributed by atoms with E-state index >= 15 is 0 Å². The first-order valence-electron chi connectivity index (χ1n) is 12.1. The van der Waals surface area contributed by atoms with Gasteiger partial charge in [-0.15, -0.1) is 0 Å². The van der Waals surface area contributed by atoms with Crippen molar-refractivity contribution in [2.45, 2.75) is 51.4 Å². The number of fused-ring (bicyclic) bond motifs is 2. The van der Waals surface area contributed by atoms with Crippen LogP contribution in [-0.2, 0) is 11.2 Å². The minimum Gasteiger partial charge on any atom is -0.486 e. The maximum atomic E-state index is 13.2. The van der Waals surface area contributed by atoms with E-state index in [0.717, 1.165) is 72.8 Å². The Hall–Kier alpha value is -2.34. The number of hydrogen-bond donors (Lipinski definition) is 1. The molecule has 2 aromatic carbocycles. The van der Waals surface area contributed by atoms with Gasteiger partial charge in [0.15, 0.2) is 17.3 Å². The van der Waals surface area contributed by atoms with Crippen molar-refractivity contribution in [1.29, 1.82) is 0 Å². The van der Waals surface area contributed by atoms with Crippen molar-refractivity contribution in [3.05, 3.63) is 52.0 Å². The van der Waals surface area contributed by atoms with Gasteiger partial charge in [-0.3, -0.25) is 9.59 Å². The van der Waals surface area contributed by atoms with Gasteiger partial charge in [-0.1, -0.05) is 28.1 Å². The van der Waals surface area contributed by atoms with Gasteiger partial charge in [0.2, 0.25) is 5.91 Å². The molecule has 5 nitrogen and oxygen atoms in total. The van der Waals surface area contributed by atoms with E-state index in [9.17, 15) is 9.59 Å². The molecule has 0 radical (unpaired) electrons. The average Bonchev–Trinajstić information content (AvgIpc) is 2.99. The standard InChI is InChI=1S/C27H30BrNO4/c28-23-6-2-5-22-21(23)4-1-3-19(26(22)30)15-17-7-9-18(10-8-17)27(31)29-20-11-12-24-25(16-20)33-14-13-32-24/h2,5-6,11-12,16-19H,1,3-4,7-10,13-15H2,(H,29,31). The highest BCUT2D eigenvalue weighted by molar-refractivity contribution is 9.10. The zero-order chi connectivity index (χ0) is 22.8. The first-order chi connectivity index (χ1) is 16.1. The normalized spacial score (nSPS) is 24.5. The molecule has 1 N–H and O–H groups in total. The van der Waals surface area contributed by atoms with E-state index in [1.54, 1.807) is 0 Å². The van der Waals surface area contributed by atoms with Crippen molar-refractivity contribution in [1.82, 2.24) is 0 Å². The molecule has 1 unspecified atom stereocenters. The molecule has 6 heteroatoms. The Labute approximate surface area is 203 Å².